The number of para-hydroxylation sites is 1. The molecule has 0 spiro atoms. The normalized spacial score (nSPS) is 25.3. The van der Waals surface area contributed by atoms with Gasteiger partial charge in [-0.3, -0.25) is 4.79 Å². The SMILES string of the molecule is N#C[C@@H]1CCCN1C(=O)CNCCCN1c2ccccc2CCC2C=CC=CC21. The van der Waals surface area contributed by atoms with Crippen LogP contribution in [0.4, 0.5) is 5.69 Å². The van der Waals surface area contributed by atoms with Crippen LogP contribution in [0.25, 0.3) is 0 Å². The molecule has 29 heavy (non-hydrogen) atoms. The lowest BCUT2D eigenvalue weighted by Gasteiger charge is -2.36. The van der Waals surface area contributed by atoms with Crippen molar-refractivity contribution in [2.24, 2.45) is 5.92 Å². The molecule has 2 unspecified atom stereocenters. The van der Waals surface area contributed by atoms with Gasteiger partial charge >= 0.3 is 0 Å². The molecule has 5 heteroatoms. The smallest absolute Gasteiger partial charge is 0.237 e. The summed E-state index contributed by atoms with van der Waals surface area (Å²) in [5.41, 5.74) is 2.79. The molecule has 3 aliphatic rings. The van der Waals surface area contributed by atoms with Crippen molar-refractivity contribution in [3.63, 3.8) is 0 Å². The number of hydrogen-bond donors (Lipinski definition) is 1. The van der Waals surface area contributed by atoms with E-state index in [1.165, 1.54) is 17.7 Å². The van der Waals surface area contributed by atoms with Gasteiger partial charge in [-0.15, -0.1) is 0 Å². The van der Waals surface area contributed by atoms with Crippen molar-refractivity contribution in [3.8, 4) is 6.07 Å². The topological polar surface area (TPSA) is 59.4 Å². The highest BCUT2D eigenvalue weighted by Gasteiger charge is 2.30. The van der Waals surface area contributed by atoms with Crippen LogP contribution in [0.5, 0.6) is 0 Å². The van der Waals surface area contributed by atoms with Crippen molar-refractivity contribution in [2.45, 2.75) is 44.2 Å². The zero-order valence-electron chi connectivity index (χ0n) is 17.0. The van der Waals surface area contributed by atoms with Gasteiger partial charge in [0.25, 0.3) is 0 Å². The van der Waals surface area contributed by atoms with E-state index < -0.39 is 0 Å². The van der Waals surface area contributed by atoms with Gasteiger partial charge in [-0.25, -0.2) is 0 Å². The van der Waals surface area contributed by atoms with Gasteiger partial charge in [0.05, 0.1) is 18.7 Å². The summed E-state index contributed by atoms with van der Waals surface area (Å²) in [5, 5.41) is 12.5. The van der Waals surface area contributed by atoms with Crippen LogP contribution < -0.4 is 10.2 Å². The van der Waals surface area contributed by atoms with Crippen molar-refractivity contribution in [2.75, 3.05) is 31.1 Å². The minimum atomic E-state index is -0.235. The maximum absolute atomic E-state index is 12.4. The summed E-state index contributed by atoms with van der Waals surface area (Å²) in [7, 11) is 0. The zero-order chi connectivity index (χ0) is 20.1. The third kappa shape index (κ3) is 4.38. The Morgan fingerprint density at radius 2 is 2.07 bits per heavy atom. The number of aryl methyl sites for hydroxylation is 1. The molecule has 3 atom stereocenters. The van der Waals surface area contributed by atoms with Crippen LogP contribution in [0.15, 0.2) is 48.6 Å². The average Bonchev–Trinajstić information content (AvgIpc) is 3.18. The van der Waals surface area contributed by atoms with Crippen LogP contribution >= 0.6 is 0 Å². The standard InChI is InChI=1S/C24H30N4O/c25-17-21-9-5-15-27(21)24(29)18-26-14-6-16-28-22-10-3-1-7-19(22)12-13-20-8-2-4-11-23(20)28/h1-4,7-8,10-11,19,21-22,26H,5-6,9,12-16,18H2/t19?,21-,22?/m0/s1. The second kappa shape index (κ2) is 9.28. The highest BCUT2D eigenvalue weighted by molar-refractivity contribution is 5.79. The number of rotatable bonds is 6. The van der Waals surface area contributed by atoms with Crippen LogP contribution in [0.2, 0.25) is 0 Å². The van der Waals surface area contributed by atoms with E-state index in [2.05, 4.69) is 64.9 Å². The number of nitrogens with one attached hydrogen (secondary N) is 1. The molecule has 0 bridgehead atoms. The molecule has 1 aromatic carbocycles. The zero-order valence-corrected chi connectivity index (χ0v) is 17.0. The highest BCUT2D eigenvalue weighted by atomic mass is 16.2. The fourth-order valence-corrected chi connectivity index (χ4v) is 4.87. The summed E-state index contributed by atoms with van der Waals surface area (Å²) in [6.07, 6.45) is 14.0. The Morgan fingerprint density at radius 3 is 2.97 bits per heavy atom. The highest BCUT2D eigenvalue weighted by Crippen LogP contribution is 2.35. The average molecular weight is 391 g/mol. The summed E-state index contributed by atoms with van der Waals surface area (Å²) in [5.74, 6) is 0.606. The molecule has 1 N–H and O–H groups in total. The number of hydrogen-bond acceptors (Lipinski definition) is 4. The van der Waals surface area contributed by atoms with E-state index in [0.29, 0.717) is 25.0 Å². The number of nitrogens with zero attached hydrogens (tertiary/aromatic N) is 3. The first-order valence-electron chi connectivity index (χ1n) is 10.9. The van der Waals surface area contributed by atoms with Gasteiger partial charge in [-0.1, -0.05) is 42.5 Å². The predicted octanol–water partition coefficient (Wildman–Crippen LogP) is 3.04. The number of carbonyl (C=O) groups excluding carboxylic acids is 1. The first-order valence-corrected chi connectivity index (χ1v) is 10.9. The predicted molar refractivity (Wildman–Crippen MR) is 116 cm³/mol. The number of benzene rings is 1. The number of amides is 1. The Morgan fingerprint density at radius 1 is 1.21 bits per heavy atom. The monoisotopic (exact) mass is 390 g/mol. The molecule has 5 nitrogen and oxygen atoms in total. The van der Waals surface area contributed by atoms with E-state index >= 15 is 0 Å². The number of fused-ring (bicyclic) bond motifs is 2. The molecular formula is C24H30N4O. The molecule has 1 fully saturated rings. The second-order valence-corrected chi connectivity index (χ2v) is 8.19. The summed E-state index contributed by atoms with van der Waals surface area (Å²) in [6, 6.07) is 11.2. The minimum absolute atomic E-state index is 0.0505. The van der Waals surface area contributed by atoms with Crippen molar-refractivity contribution < 1.29 is 4.79 Å². The van der Waals surface area contributed by atoms with Gasteiger partial charge in [0, 0.05) is 24.7 Å². The molecule has 0 saturated carbocycles. The van der Waals surface area contributed by atoms with E-state index in [9.17, 15) is 4.79 Å². The van der Waals surface area contributed by atoms with E-state index in [4.69, 9.17) is 5.26 Å². The first-order chi connectivity index (χ1) is 14.3. The molecule has 2 aliphatic heterocycles. The molecule has 1 aliphatic carbocycles. The molecule has 0 radical (unpaired) electrons. The second-order valence-electron chi connectivity index (χ2n) is 8.19. The number of anilines is 1. The van der Waals surface area contributed by atoms with Crippen molar-refractivity contribution >= 4 is 11.6 Å². The molecule has 0 aromatic heterocycles. The summed E-state index contributed by atoms with van der Waals surface area (Å²) >= 11 is 0. The van der Waals surface area contributed by atoms with E-state index in [-0.39, 0.29) is 11.9 Å². The van der Waals surface area contributed by atoms with E-state index in [1.54, 1.807) is 4.90 Å². The molecule has 4 rings (SSSR count). The van der Waals surface area contributed by atoms with Crippen LogP contribution in [0.1, 0.15) is 31.2 Å². The van der Waals surface area contributed by atoms with Crippen LogP contribution in [-0.2, 0) is 11.2 Å². The lowest BCUT2D eigenvalue weighted by atomic mass is 9.90. The number of nitriles is 1. The largest absolute Gasteiger partial charge is 0.364 e. The van der Waals surface area contributed by atoms with Gasteiger partial charge < -0.3 is 15.1 Å². The van der Waals surface area contributed by atoms with Crippen molar-refractivity contribution in [3.05, 3.63) is 54.1 Å². The minimum Gasteiger partial charge on any atom is -0.364 e. The Kier molecular flexibility index (Phi) is 6.31. The molecule has 152 valence electrons. The van der Waals surface area contributed by atoms with Gasteiger partial charge in [0.1, 0.15) is 6.04 Å². The first kappa shape index (κ1) is 19.7. The Hall–Kier alpha value is -2.58. The number of likely N-dealkylation sites (tertiary alicyclic amines) is 1. The third-order valence-corrected chi connectivity index (χ3v) is 6.38. The maximum atomic E-state index is 12.4. The molecule has 1 saturated heterocycles. The summed E-state index contributed by atoms with van der Waals surface area (Å²) in [6.45, 7) is 2.80. The lowest BCUT2D eigenvalue weighted by Crippen LogP contribution is -2.42. The Labute approximate surface area is 173 Å². The maximum Gasteiger partial charge on any atom is 0.237 e. The number of allylic oxidation sites excluding steroid dienone is 2. The molecule has 1 amide bonds. The van der Waals surface area contributed by atoms with Crippen LogP contribution in [0.3, 0.4) is 0 Å². The van der Waals surface area contributed by atoms with Gasteiger partial charge in [-0.05, 0) is 50.3 Å². The molecular weight excluding hydrogens is 360 g/mol. The van der Waals surface area contributed by atoms with Crippen molar-refractivity contribution in [1.29, 1.82) is 5.26 Å². The van der Waals surface area contributed by atoms with Crippen LogP contribution in [-0.4, -0.2) is 49.1 Å². The fourth-order valence-electron chi connectivity index (χ4n) is 4.87. The molecule has 2 heterocycles. The number of carbonyl (C=O) groups is 1. The molecule has 1 aromatic rings. The van der Waals surface area contributed by atoms with Gasteiger partial charge in [0.15, 0.2) is 0 Å². The lowest BCUT2D eigenvalue weighted by molar-refractivity contribution is -0.130. The van der Waals surface area contributed by atoms with E-state index in [1.807, 2.05) is 0 Å². The van der Waals surface area contributed by atoms with Crippen LogP contribution in [0, 0.1) is 17.2 Å². The quantitative estimate of drug-likeness (QED) is 0.759. The van der Waals surface area contributed by atoms with Crippen molar-refractivity contribution in [1.82, 2.24) is 10.2 Å². The van der Waals surface area contributed by atoms with E-state index in [0.717, 1.165) is 38.8 Å². The Balaban J connectivity index is 1.32. The van der Waals surface area contributed by atoms with Gasteiger partial charge in [0.2, 0.25) is 5.91 Å². The summed E-state index contributed by atoms with van der Waals surface area (Å²) < 4.78 is 0. The fraction of sp³-hybridized carbons (Fsp3) is 0.500. The Bertz CT molecular complexity index is 824. The van der Waals surface area contributed by atoms with Gasteiger partial charge in [-0.2, -0.15) is 5.26 Å². The third-order valence-electron chi connectivity index (χ3n) is 6.38. The summed E-state index contributed by atoms with van der Waals surface area (Å²) in [4.78, 5) is 16.6.